The number of pyridine rings is 1. The zero-order valence-corrected chi connectivity index (χ0v) is 14.2. The molecule has 0 spiro atoms. The van der Waals surface area contributed by atoms with Gasteiger partial charge in [-0.25, -0.2) is 13.4 Å². The van der Waals surface area contributed by atoms with Crippen molar-refractivity contribution >= 4 is 38.8 Å². The highest BCUT2D eigenvalue weighted by Crippen LogP contribution is 2.29. The summed E-state index contributed by atoms with van der Waals surface area (Å²) in [5, 5.41) is 3.77. The van der Waals surface area contributed by atoms with Crippen molar-refractivity contribution in [2.75, 3.05) is 15.8 Å². The van der Waals surface area contributed by atoms with E-state index in [0.29, 0.717) is 16.5 Å². The maximum atomic E-state index is 11.5. The van der Waals surface area contributed by atoms with Gasteiger partial charge in [-0.2, -0.15) is 0 Å². The van der Waals surface area contributed by atoms with Crippen molar-refractivity contribution in [3.8, 4) is 0 Å². The van der Waals surface area contributed by atoms with Crippen LogP contribution in [0.4, 0.5) is 17.2 Å². The first-order chi connectivity index (χ1) is 10.3. The van der Waals surface area contributed by atoms with E-state index in [4.69, 9.17) is 11.6 Å². The molecule has 0 saturated carbocycles. The molecular weight excluding hydrogens is 322 g/mol. The predicted octanol–water partition coefficient (Wildman–Crippen LogP) is 3.86. The monoisotopic (exact) mass is 339 g/mol. The number of aromatic nitrogens is 1. The molecular formula is C15H18ClN3O2S. The lowest BCUT2D eigenvalue weighted by Gasteiger charge is -2.12. The number of anilines is 3. The number of hydrogen-bond acceptors (Lipinski definition) is 4. The second kappa shape index (κ2) is 6.54. The van der Waals surface area contributed by atoms with Gasteiger partial charge in [-0.05, 0) is 50.1 Å². The van der Waals surface area contributed by atoms with E-state index in [1.807, 2.05) is 26.0 Å². The number of benzene rings is 1. The Labute approximate surface area is 135 Å². The molecule has 2 rings (SSSR count). The van der Waals surface area contributed by atoms with Crippen LogP contribution in [-0.4, -0.2) is 19.2 Å². The van der Waals surface area contributed by atoms with E-state index in [2.05, 4.69) is 15.0 Å². The fraction of sp³-hybridized carbons (Fsp3) is 0.267. The molecule has 0 saturated heterocycles. The van der Waals surface area contributed by atoms with Crippen molar-refractivity contribution in [2.45, 2.75) is 20.8 Å². The first kappa shape index (κ1) is 16.6. The van der Waals surface area contributed by atoms with Crippen molar-refractivity contribution in [3.63, 3.8) is 0 Å². The Morgan fingerprint density at radius 2 is 1.95 bits per heavy atom. The van der Waals surface area contributed by atoms with Crippen molar-refractivity contribution < 1.29 is 8.42 Å². The highest BCUT2D eigenvalue weighted by atomic mass is 35.5. The minimum Gasteiger partial charge on any atom is -0.339 e. The summed E-state index contributed by atoms with van der Waals surface area (Å²) in [5.74, 6) is 0.610. The maximum Gasteiger partial charge on any atom is 0.232 e. The third-order valence-electron chi connectivity index (χ3n) is 3.10. The predicted molar refractivity (Wildman–Crippen MR) is 91.5 cm³/mol. The molecule has 0 fully saturated rings. The van der Waals surface area contributed by atoms with Gasteiger partial charge in [-0.1, -0.05) is 17.7 Å². The molecule has 0 aliphatic rings. The van der Waals surface area contributed by atoms with E-state index in [1.165, 1.54) is 6.20 Å². The third kappa shape index (κ3) is 4.11. The van der Waals surface area contributed by atoms with Gasteiger partial charge in [0.15, 0.2) is 0 Å². The SMILES string of the molecule is CCS(=O)(=O)Nc1ccc(Nc2c(C)cc(C)cc2Cl)nc1. The standard InChI is InChI=1S/C15H18ClN3O2S/c1-4-22(20,21)19-12-5-6-14(17-9-12)18-15-11(3)7-10(2)8-13(15)16/h5-9,19H,4H2,1-3H3,(H,17,18). The topological polar surface area (TPSA) is 71.1 Å². The molecule has 0 bridgehead atoms. The molecule has 1 heterocycles. The number of halogens is 1. The van der Waals surface area contributed by atoms with Crippen LogP contribution in [0.2, 0.25) is 5.02 Å². The van der Waals surface area contributed by atoms with E-state index in [1.54, 1.807) is 19.1 Å². The fourth-order valence-electron chi connectivity index (χ4n) is 1.98. The van der Waals surface area contributed by atoms with Gasteiger partial charge in [0, 0.05) is 0 Å². The van der Waals surface area contributed by atoms with E-state index < -0.39 is 10.0 Å². The molecule has 1 aromatic heterocycles. The normalized spacial score (nSPS) is 11.3. The first-order valence-electron chi connectivity index (χ1n) is 6.81. The lowest BCUT2D eigenvalue weighted by molar-refractivity contribution is 0.602. The summed E-state index contributed by atoms with van der Waals surface area (Å²) in [6, 6.07) is 7.25. The zero-order chi connectivity index (χ0) is 16.3. The van der Waals surface area contributed by atoms with Gasteiger partial charge in [0.1, 0.15) is 5.82 Å². The third-order valence-corrected chi connectivity index (χ3v) is 4.71. The van der Waals surface area contributed by atoms with Crippen LogP contribution in [0.5, 0.6) is 0 Å². The zero-order valence-electron chi connectivity index (χ0n) is 12.6. The summed E-state index contributed by atoms with van der Waals surface area (Å²) in [6.45, 7) is 5.52. The van der Waals surface area contributed by atoms with Gasteiger partial charge in [-0.3, -0.25) is 4.72 Å². The van der Waals surface area contributed by atoms with Crippen LogP contribution in [0, 0.1) is 13.8 Å². The Balaban J connectivity index is 2.19. The van der Waals surface area contributed by atoms with Crippen LogP contribution >= 0.6 is 11.6 Å². The highest BCUT2D eigenvalue weighted by molar-refractivity contribution is 7.92. The van der Waals surface area contributed by atoms with Crippen LogP contribution in [-0.2, 0) is 10.0 Å². The molecule has 118 valence electrons. The molecule has 0 amide bonds. The van der Waals surface area contributed by atoms with Gasteiger partial charge in [0.2, 0.25) is 10.0 Å². The molecule has 7 heteroatoms. The average Bonchev–Trinajstić information content (AvgIpc) is 2.44. The van der Waals surface area contributed by atoms with E-state index in [0.717, 1.165) is 16.8 Å². The van der Waals surface area contributed by atoms with E-state index >= 15 is 0 Å². The van der Waals surface area contributed by atoms with Crippen molar-refractivity contribution in [2.24, 2.45) is 0 Å². The Morgan fingerprint density at radius 3 is 2.50 bits per heavy atom. The average molecular weight is 340 g/mol. The molecule has 0 aliphatic heterocycles. The Hall–Kier alpha value is -1.79. The largest absolute Gasteiger partial charge is 0.339 e. The lowest BCUT2D eigenvalue weighted by Crippen LogP contribution is -2.14. The summed E-state index contributed by atoms with van der Waals surface area (Å²) >= 11 is 6.24. The molecule has 0 unspecified atom stereocenters. The van der Waals surface area contributed by atoms with E-state index in [-0.39, 0.29) is 5.75 Å². The number of aryl methyl sites for hydroxylation is 2. The molecule has 2 aromatic rings. The molecule has 0 aliphatic carbocycles. The van der Waals surface area contributed by atoms with Crippen LogP contribution in [0.15, 0.2) is 30.5 Å². The molecule has 1 aromatic carbocycles. The summed E-state index contributed by atoms with van der Waals surface area (Å²) < 4.78 is 25.4. The Kier molecular flexibility index (Phi) is 4.93. The molecule has 0 radical (unpaired) electrons. The molecule has 22 heavy (non-hydrogen) atoms. The number of sulfonamides is 1. The highest BCUT2D eigenvalue weighted by Gasteiger charge is 2.09. The Bertz CT molecular complexity index is 751. The molecule has 5 nitrogen and oxygen atoms in total. The van der Waals surface area contributed by atoms with Crippen LogP contribution in [0.25, 0.3) is 0 Å². The quantitative estimate of drug-likeness (QED) is 0.867. The fourth-order valence-corrected chi connectivity index (χ4v) is 2.97. The summed E-state index contributed by atoms with van der Waals surface area (Å²) in [5.41, 5.74) is 3.33. The minimum atomic E-state index is -3.29. The summed E-state index contributed by atoms with van der Waals surface area (Å²) in [7, 11) is -3.29. The van der Waals surface area contributed by atoms with E-state index in [9.17, 15) is 8.42 Å². The number of nitrogens with one attached hydrogen (secondary N) is 2. The van der Waals surface area contributed by atoms with Gasteiger partial charge >= 0.3 is 0 Å². The van der Waals surface area contributed by atoms with Gasteiger partial charge in [0.25, 0.3) is 0 Å². The second-order valence-electron chi connectivity index (χ2n) is 5.00. The van der Waals surface area contributed by atoms with Crippen LogP contribution in [0.1, 0.15) is 18.1 Å². The van der Waals surface area contributed by atoms with Crippen molar-refractivity contribution in [1.82, 2.24) is 4.98 Å². The van der Waals surface area contributed by atoms with Crippen molar-refractivity contribution in [1.29, 1.82) is 0 Å². The van der Waals surface area contributed by atoms with Crippen LogP contribution < -0.4 is 10.0 Å². The second-order valence-corrected chi connectivity index (χ2v) is 7.42. The van der Waals surface area contributed by atoms with Crippen LogP contribution in [0.3, 0.4) is 0 Å². The first-order valence-corrected chi connectivity index (χ1v) is 8.84. The Morgan fingerprint density at radius 1 is 1.23 bits per heavy atom. The maximum absolute atomic E-state index is 11.5. The number of nitrogens with zero attached hydrogens (tertiary/aromatic N) is 1. The molecule has 2 N–H and O–H groups in total. The van der Waals surface area contributed by atoms with Gasteiger partial charge < -0.3 is 5.32 Å². The van der Waals surface area contributed by atoms with Gasteiger partial charge in [-0.15, -0.1) is 0 Å². The summed E-state index contributed by atoms with van der Waals surface area (Å²) in [6.07, 6.45) is 1.47. The molecule has 0 atom stereocenters. The smallest absolute Gasteiger partial charge is 0.232 e. The lowest BCUT2D eigenvalue weighted by atomic mass is 10.1. The van der Waals surface area contributed by atoms with Crippen molar-refractivity contribution in [3.05, 3.63) is 46.6 Å². The number of hydrogen-bond donors (Lipinski definition) is 2. The minimum absolute atomic E-state index is 0.0190. The van der Waals surface area contributed by atoms with Gasteiger partial charge in [0.05, 0.1) is 28.3 Å². The number of rotatable bonds is 5. The summed E-state index contributed by atoms with van der Waals surface area (Å²) in [4.78, 5) is 4.20.